The molecule has 0 saturated heterocycles. The Hall–Kier alpha value is -2.48. The Kier molecular flexibility index (Phi) is 18.1. The molecule has 3 aromatic rings. The number of unbranched alkanes of at least 4 members (excludes halogenated alkanes) is 14. The van der Waals surface area contributed by atoms with Crippen LogP contribution < -0.4 is 0 Å². The second kappa shape index (κ2) is 22.1. The number of rotatable bonds is 24. The van der Waals surface area contributed by atoms with E-state index >= 15 is 8.78 Å². The van der Waals surface area contributed by atoms with Crippen molar-refractivity contribution in [2.24, 2.45) is 5.92 Å². The van der Waals surface area contributed by atoms with Gasteiger partial charge in [-0.15, -0.1) is 0 Å². The number of hydrogen-bond acceptors (Lipinski definition) is 0. The number of hydrogen-bond donors (Lipinski definition) is 0. The Labute approximate surface area is 269 Å². The zero-order valence-corrected chi connectivity index (χ0v) is 28.0. The van der Waals surface area contributed by atoms with Gasteiger partial charge in [-0.25, -0.2) is 8.78 Å². The maximum atomic E-state index is 15.2. The molecule has 1 unspecified atom stereocenters. The molecule has 0 fully saturated rings. The molecule has 0 spiro atoms. The van der Waals surface area contributed by atoms with Gasteiger partial charge in [0, 0.05) is 5.56 Å². The molecule has 0 amide bonds. The van der Waals surface area contributed by atoms with E-state index in [-0.39, 0.29) is 0 Å². The molecule has 44 heavy (non-hydrogen) atoms. The third kappa shape index (κ3) is 13.3. The summed E-state index contributed by atoms with van der Waals surface area (Å²) in [5.74, 6) is -0.675. The third-order valence-electron chi connectivity index (χ3n) is 9.46. The summed E-state index contributed by atoms with van der Waals surface area (Å²) in [4.78, 5) is 0. The highest BCUT2D eigenvalue weighted by molar-refractivity contribution is 5.71. The highest BCUT2D eigenvalue weighted by Crippen LogP contribution is 2.30. The summed E-state index contributed by atoms with van der Waals surface area (Å²) >= 11 is 0. The fourth-order valence-corrected chi connectivity index (χ4v) is 6.63. The first-order valence-electron chi connectivity index (χ1n) is 18.3. The summed E-state index contributed by atoms with van der Waals surface area (Å²) in [6, 6.07) is 21.4. The minimum Gasteiger partial charge on any atom is -0.203 e. The smallest absolute Gasteiger partial charge is 0.166 e. The maximum absolute atomic E-state index is 15.2. The Morgan fingerprint density at radius 1 is 0.432 bits per heavy atom. The Balaban J connectivity index is 1.47. The molecule has 242 valence electrons. The minimum atomic E-state index is -0.719. The molecule has 0 bridgehead atoms. The van der Waals surface area contributed by atoms with Crippen LogP contribution in [0.3, 0.4) is 0 Å². The highest BCUT2D eigenvalue weighted by atomic mass is 19.2. The van der Waals surface area contributed by atoms with E-state index in [1.807, 2.05) is 48.5 Å². The summed E-state index contributed by atoms with van der Waals surface area (Å²) in [6.07, 6.45) is 27.0. The van der Waals surface area contributed by atoms with Crippen molar-refractivity contribution in [2.45, 2.75) is 149 Å². The molecule has 0 saturated carbocycles. The van der Waals surface area contributed by atoms with Crippen molar-refractivity contribution in [1.82, 2.24) is 0 Å². The summed E-state index contributed by atoms with van der Waals surface area (Å²) in [6.45, 7) is 4.55. The van der Waals surface area contributed by atoms with Crippen LogP contribution >= 0.6 is 0 Å². The Bertz CT molecular complexity index is 1130. The van der Waals surface area contributed by atoms with Gasteiger partial charge in [0.2, 0.25) is 0 Å². The lowest BCUT2D eigenvalue weighted by Gasteiger charge is -2.17. The van der Waals surface area contributed by atoms with Gasteiger partial charge < -0.3 is 0 Å². The summed E-state index contributed by atoms with van der Waals surface area (Å²) in [7, 11) is 0. The van der Waals surface area contributed by atoms with Crippen LogP contribution in [0.1, 0.15) is 148 Å². The molecule has 0 nitrogen and oxygen atoms in total. The van der Waals surface area contributed by atoms with E-state index in [2.05, 4.69) is 26.0 Å². The van der Waals surface area contributed by atoms with Crippen molar-refractivity contribution in [1.29, 1.82) is 0 Å². The predicted octanol–water partition coefficient (Wildman–Crippen LogP) is 14.3. The van der Waals surface area contributed by atoms with Crippen molar-refractivity contribution in [3.8, 4) is 22.3 Å². The van der Waals surface area contributed by atoms with E-state index in [9.17, 15) is 0 Å². The van der Waals surface area contributed by atoms with Gasteiger partial charge in [0.15, 0.2) is 11.6 Å². The van der Waals surface area contributed by atoms with Crippen LogP contribution in [-0.4, -0.2) is 0 Å². The van der Waals surface area contributed by atoms with E-state index in [1.165, 1.54) is 116 Å². The predicted molar refractivity (Wildman–Crippen MR) is 188 cm³/mol. The normalized spacial score (nSPS) is 12.1. The number of benzene rings is 3. The molecular weight excluding hydrogens is 542 g/mol. The molecule has 0 radical (unpaired) electrons. The van der Waals surface area contributed by atoms with Gasteiger partial charge >= 0.3 is 0 Å². The molecule has 1 atom stereocenters. The second-order valence-corrected chi connectivity index (χ2v) is 13.1. The Morgan fingerprint density at radius 2 is 0.886 bits per heavy atom. The quantitative estimate of drug-likeness (QED) is 0.0895. The first kappa shape index (κ1) is 36.0. The van der Waals surface area contributed by atoms with E-state index in [4.69, 9.17) is 0 Å². The average Bonchev–Trinajstić information content (AvgIpc) is 3.05. The average molecular weight is 603 g/mol. The SMILES string of the molecule is CCCCCCCCCCCCC(CCCCCCCC)CCCc1ccc(-c2ccc(-c3ccccc3)cc2)c(F)c1F. The van der Waals surface area contributed by atoms with Crippen LogP contribution in [0.4, 0.5) is 8.78 Å². The molecule has 0 heterocycles. The molecule has 0 aliphatic rings. The van der Waals surface area contributed by atoms with Crippen LogP contribution in [0.15, 0.2) is 66.7 Å². The molecule has 3 rings (SSSR count). The van der Waals surface area contributed by atoms with Gasteiger partial charge in [-0.2, -0.15) is 0 Å². The third-order valence-corrected chi connectivity index (χ3v) is 9.46. The van der Waals surface area contributed by atoms with Gasteiger partial charge in [-0.05, 0) is 41.0 Å². The van der Waals surface area contributed by atoms with Crippen LogP contribution in [0.5, 0.6) is 0 Å². The highest BCUT2D eigenvalue weighted by Gasteiger charge is 2.16. The molecule has 0 aliphatic heterocycles. The molecule has 3 aromatic carbocycles. The van der Waals surface area contributed by atoms with Gasteiger partial charge in [0.05, 0.1) is 0 Å². The molecule has 0 N–H and O–H groups in total. The fourth-order valence-electron chi connectivity index (χ4n) is 6.63. The van der Waals surface area contributed by atoms with Gasteiger partial charge in [-0.3, -0.25) is 0 Å². The Morgan fingerprint density at radius 3 is 1.43 bits per heavy atom. The fraction of sp³-hybridized carbons (Fsp3) is 0.571. The lowest BCUT2D eigenvalue weighted by Crippen LogP contribution is -2.04. The number of halogens is 2. The first-order chi connectivity index (χ1) is 21.6. The summed E-state index contributed by atoms with van der Waals surface area (Å²) in [5.41, 5.74) is 3.75. The number of aryl methyl sites for hydroxylation is 1. The zero-order valence-electron chi connectivity index (χ0n) is 28.0. The molecule has 0 aliphatic carbocycles. The molecular formula is C42H60F2. The van der Waals surface area contributed by atoms with Crippen LogP contribution in [0, 0.1) is 17.6 Å². The maximum Gasteiger partial charge on any atom is 0.166 e. The summed E-state index contributed by atoms with van der Waals surface area (Å²) < 4.78 is 30.5. The van der Waals surface area contributed by atoms with Crippen LogP contribution in [0.25, 0.3) is 22.3 Å². The van der Waals surface area contributed by atoms with E-state index in [0.717, 1.165) is 24.0 Å². The van der Waals surface area contributed by atoms with Gasteiger partial charge in [0.25, 0.3) is 0 Å². The minimum absolute atomic E-state index is 0.341. The van der Waals surface area contributed by atoms with E-state index in [0.29, 0.717) is 29.0 Å². The van der Waals surface area contributed by atoms with Crippen molar-refractivity contribution in [2.75, 3.05) is 0 Å². The lowest BCUT2D eigenvalue weighted by molar-refractivity contribution is 0.370. The largest absolute Gasteiger partial charge is 0.203 e. The van der Waals surface area contributed by atoms with Gasteiger partial charge in [0.1, 0.15) is 0 Å². The second-order valence-electron chi connectivity index (χ2n) is 13.1. The standard InChI is InChI=1S/C42H60F2/c1-3-5-7-9-11-12-13-14-16-19-24-35(23-18-15-10-8-6-4-2)25-22-28-39-33-34-40(42(44)41(39)43)38-31-29-37(30-32-38)36-26-20-17-21-27-36/h17,20-21,26-27,29-35H,3-16,18-19,22-25,28H2,1-2H3. The zero-order chi connectivity index (χ0) is 31.2. The monoisotopic (exact) mass is 602 g/mol. The van der Waals surface area contributed by atoms with Crippen LogP contribution in [-0.2, 0) is 6.42 Å². The van der Waals surface area contributed by atoms with Crippen LogP contribution in [0.2, 0.25) is 0 Å². The van der Waals surface area contributed by atoms with Gasteiger partial charge in [-0.1, -0.05) is 203 Å². The molecule has 0 aromatic heterocycles. The van der Waals surface area contributed by atoms with Crippen molar-refractivity contribution in [3.63, 3.8) is 0 Å². The lowest BCUT2D eigenvalue weighted by atomic mass is 9.89. The van der Waals surface area contributed by atoms with E-state index < -0.39 is 11.6 Å². The first-order valence-corrected chi connectivity index (χ1v) is 18.3. The van der Waals surface area contributed by atoms with Crippen molar-refractivity contribution in [3.05, 3.63) is 83.9 Å². The van der Waals surface area contributed by atoms with Crippen molar-refractivity contribution < 1.29 is 8.78 Å². The summed E-state index contributed by atoms with van der Waals surface area (Å²) in [5, 5.41) is 0. The molecule has 2 heteroatoms. The van der Waals surface area contributed by atoms with E-state index in [1.54, 1.807) is 6.07 Å². The van der Waals surface area contributed by atoms with Crippen molar-refractivity contribution >= 4 is 0 Å². The topological polar surface area (TPSA) is 0 Å².